The van der Waals surface area contributed by atoms with Crippen molar-refractivity contribution in [2.24, 2.45) is 23.7 Å². The second kappa shape index (κ2) is 11.3. The molecule has 1 aliphatic carbocycles. The Morgan fingerprint density at radius 3 is 2.57 bits per heavy atom. The van der Waals surface area contributed by atoms with Gasteiger partial charge in [-0.05, 0) is 42.0 Å². The van der Waals surface area contributed by atoms with Crippen molar-refractivity contribution >= 4 is 18.0 Å². The van der Waals surface area contributed by atoms with Crippen molar-refractivity contribution in [3.05, 3.63) is 29.8 Å². The minimum absolute atomic E-state index is 0.0503. The lowest BCUT2D eigenvalue weighted by Crippen LogP contribution is -2.59. The van der Waals surface area contributed by atoms with Gasteiger partial charge in [0.05, 0.1) is 19.1 Å². The zero-order valence-electron chi connectivity index (χ0n) is 20.1. The molecule has 0 aromatic heterocycles. The average Bonchev–Trinajstić information content (AvgIpc) is 3.33. The van der Waals surface area contributed by atoms with E-state index in [0.29, 0.717) is 12.0 Å². The Balaban J connectivity index is 1.33. The van der Waals surface area contributed by atoms with Crippen molar-refractivity contribution in [3.8, 4) is 11.5 Å². The van der Waals surface area contributed by atoms with Crippen molar-refractivity contribution in [2.45, 2.75) is 50.2 Å². The van der Waals surface area contributed by atoms with E-state index in [9.17, 15) is 40.2 Å². The van der Waals surface area contributed by atoms with E-state index in [1.165, 1.54) is 24.3 Å². The van der Waals surface area contributed by atoms with Crippen LogP contribution in [0.1, 0.15) is 18.9 Å². The van der Waals surface area contributed by atoms with E-state index in [4.69, 9.17) is 18.9 Å². The van der Waals surface area contributed by atoms with E-state index < -0.39 is 55.2 Å². The topological polar surface area (TPSA) is 192 Å². The number of phenols is 2. The molecule has 12 nitrogen and oxygen atoms in total. The Kier molecular flexibility index (Phi) is 8.36. The lowest BCUT2D eigenvalue weighted by molar-refractivity contribution is -0.304. The lowest BCUT2D eigenvalue weighted by Gasteiger charge is -2.40. The number of aliphatic hydroxyl groups is 4. The maximum absolute atomic E-state index is 12.1. The summed E-state index contributed by atoms with van der Waals surface area (Å²) < 4.78 is 21.9. The van der Waals surface area contributed by atoms with Crippen LogP contribution in [0.5, 0.6) is 11.5 Å². The van der Waals surface area contributed by atoms with Crippen LogP contribution in [0.15, 0.2) is 24.3 Å². The molecule has 0 amide bonds. The van der Waals surface area contributed by atoms with Crippen LogP contribution < -0.4 is 0 Å². The van der Waals surface area contributed by atoms with Gasteiger partial charge in [0.25, 0.3) is 0 Å². The predicted molar refractivity (Wildman–Crippen MR) is 124 cm³/mol. The number of ether oxygens (including phenoxy) is 4. The number of hydrogen-bond acceptors (Lipinski definition) is 12. The molecule has 10 atom stereocenters. The SMILES string of the molecule is CC1CC2OC(=O)C(CO)C2C1COC1OC(COC(=O)C=Cc2ccc(O)c(O)c2)C(O)C(O)C1O. The van der Waals surface area contributed by atoms with E-state index in [2.05, 4.69) is 0 Å². The highest BCUT2D eigenvalue weighted by atomic mass is 16.7. The van der Waals surface area contributed by atoms with Crippen molar-refractivity contribution in [2.75, 3.05) is 19.8 Å². The molecule has 2 heterocycles. The minimum atomic E-state index is -1.63. The van der Waals surface area contributed by atoms with Gasteiger partial charge in [-0.3, -0.25) is 4.79 Å². The van der Waals surface area contributed by atoms with E-state index >= 15 is 0 Å². The Hall–Kier alpha value is -2.74. The number of aliphatic hydroxyl groups excluding tert-OH is 4. The molecule has 2 saturated heterocycles. The van der Waals surface area contributed by atoms with Gasteiger partial charge in [-0.1, -0.05) is 13.0 Å². The first-order valence-corrected chi connectivity index (χ1v) is 12.1. The smallest absolute Gasteiger partial charge is 0.330 e. The molecule has 0 spiro atoms. The van der Waals surface area contributed by atoms with E-state index in [1.807, 2.05) is 6.92 Å². The first-order valence-electron chi connectivity index (χ1n) is 12.1. The fourth-order valence-corrected chi connectivity index (χ4v) is 5.32. The number of esters is 2. The summed E-state index contributed by atoms with van der Waals surface area (Å²) in [6.07, 6.45) is -4.59. The van der Waals surface area contributed by atoms with Crippen LogP contribution in [0.4, 0.5) is 0 Å². The molecule has 204 valence electrons. The normalized spacial score (nSPS) is 37.5. The molecule has 3 aliphatic rings. The zero-order valence-corrected chi connectivity index (χ0v) is 20.1. The van der Waals surface area contributed by atoms with Crippen LogP contribution in [0.25, 0.3) is 6.08 Å². The molecule has 0 radical (unpaired) electrons. The number of fused-ring (bicyclic) bond motifs is 1. The van der Waals surface area contributed by atoms with Gasteiger partial charge >= 0.3 is 11.9 Å². The fraction of sp³-hybridized carbons (Fsp3) is 0.600. The molecule has 1 aromatic carbocycles. The van der Waals surface area contributed by atoms with Crippen molar-refractivity contribution in [1.82, 2.24) is 0 Å². The van der Waals surface area contributed by atoms with Gasteiger partial charge in [0, 0.05) is 12.0 Å². The molecule has 0 bridgehead atoms. The van der Waals surface area contributed by atoms with Crippen LogP contribution in [0, 0.1) is 23.7 Å². The van der Waals surface area contributed by atoms with Crippen molar-refractivity contribution < 1.29 is 59.2 Å². The molecule has 2 aliphatic heterocycles. The molecular formula is C25H32O12. The highest BCUT2D eigenvalue weighted by Crippen LogP contribution is 2.47. The molecule has 1 aromatic rings. The third-order valence-electron chi connectivity index (χ3n) is 7.41. The second-order valence-corrected chi connectivity index (χ2v) is 9.78. The summed E-state index contributed by atoms with van der Waals surface area (Å²) in [5, 5.41) is 59.5. The Morgan fingerprint density at radius 1 is 1.11 bits per heavy atom. The van der Waals surface area contributed by atoms with Gasteiger partial charge < -0.3 is 49.6 Å². The number of phenolic OH excluding ortho intramolecular Hbond substituents is 2. The van der Waals surface area contributed by atoms with Crippen molar-refractivity contribution in [3.63, 3.8) is 0 Å². The molecule has 10 unspecified atom stereocenters. The standard InChI is InChI=1S/C25H32O12/c1-11-6-17-20(13(8-26)24(33)36-17)14(11)9-35-25-23(32)22(31)21(30)18(37-25)10-34-19(29)5-3-12-2-4-15(27)16(28)7-12/h2-5,7,11,13-14,17-18,20-23,25-28,30-32H,6,8-10H2,1H3. The summed E-state index contributed by atoms with van der Waals surface area (Å²) in [5.74, 6) is -2.87. The highest BCUT2D eigenvalue weighted by molar-refractivity contribution is 5.87. The summed E-state index contributed by atoms with van der Waals surface area (Å²) in [6, 6.07) is 3.97. The maximum atomic E-state index is 12.1. The lowest BCUT2D eigenvalue weighted by atomic mass is 9.83. The number of carbonyl (C=O) groups is 2. The van der Waals surface area contributed by atoms with Crippen LogP contribution >= 0.6 is 0 Å². The number of hydrogen-bond donors (Lipinski definition) is 6. The van der Waals surface area contributed by atoms with E-state index in [1.54, 1.807) is 0 Å². The largest absolute Gasteiger partial charge is 0.504 e. The van der Waals surface area contributed by atoms with Gasteiger partial charge in [0.2, 0.25) is 0 Å². The molecule has 12 heteroatoms. The van der Waals surface area contributed by atoms with Crippen molar-refractivity contribution in [1.29, 1.82) is 0 Å². The number of carbonyl (C=O) groups excluding carboxylic acids is 2. The van der Waals surface area contributed by atoms with Crippen LogP contribution in [0.3, 0.4) is 0 Å². The minimum Gasteiger partial charge on any atom is -0.504 e. The number of rotatable bonds is 8. The second-order valence-electron chi connectivity index (χ2n) is 9.78. The molecule has 1 saturated carbocycles. The fourth-order valence-electron chi connectivity index (χ4n) is 5.32. The zero-order chi connectivity index (χ0) is 26.9. The maximum Gasteiger partial charge on any atom is 0.330 e. The van der Waals surface area contributed by atoms with Gasteiger partial charge in [0.15, 0.2) is 17.8 Å². The Morgan fingerprint density at radius 2 is 1.86 bits per heavy atom. The molecule has 37 heavy (non-hydrogen) atoms. The van der Waals surface area contributed by atoms with Crippen LogP contribution in [-0.4, -0.2) is 99.2 Å². The highest BCUT2D eigenvalue weighted by Gasteiger charge is 2.55. The predicted octanol–water partition coefficient (Wildman–Crippen LogP) is -0.716. The first-order chi connectivity index (χ1) is 17.6. The molecular weight excluding hydrogens is 492 g/mol. The summed E-state index contributed by atoms with van der Waals surface area (Å²) in [4.78, 5) is 24.1. The first kappa shape index (κ1) is 27.3. The van der Waals surface area contributed by atoms with Gasteiger partial charge in [-0.25, -0.2) is 4.79 Å². The summed E-state index contributed by atoms with van der Waals surface area (Å²) in [7, 11) is 0. The molecule has 3 fully saturated rings. The van der Waals surface area contributed by atoms with E-state index in [-0.39, 0.29) is 48.6 Å². The van der Waals surface area contributed by atoms with Crippen LogP contribution in [-0.2, 0) is 28.5 Å². The van der Waals surface area contributed by atoms with E-state index in [0.717, 1.165) is 6.08 Å². The van der Waals surface area contributed by atoms with Gasteiger partial charge in [-0.2, -0.15) is 0 Å². The molecule has 6 N–H and O–H groups in total. The summed E-state index contributed by atoms with van der Waals surface area (Å²) in [5.41, 5.74) is 0.425. The summed E-state index contributed by atoms with van der Waals surface area (Å²) in [6.45, 7) is 1.23. The quantitative estimate of drug-likeness (QED) is 0.142. The third kappa shape index (κ3) is 5.74. The summed E-state index contributed by atoms with van der Waals surface area (Å²) >= 11 is 0. The Labute approximate surface area is 212 Å². The van der Waals surface area contributed by atoms with Gasteiger partial charge in [-0.15, -0.1) is 0 Å². The average molecular weight is 525 g/mol. The monoisotopic (exact) mass is 524 g/mol. The van der Waals surface area contributed by atoms with Gasteiger partial charge in [0.1, 0.15) is 37.1 Å². The number of benzene rings is 1. The van der Waals surface area contributed by atoms with Crippen LogP contribution in [0.2, 0.25) is 0 Å². The number of aromatic hydroxyl groups is 2. The Bertz CT molecular complexity index is 1010. The third-order valence-corrected chi connectivity index (χ3v) is 7.41. The molecule has 4 rings (SSSR count).